The van der Waals surface area contributed by atoms with Crippen LogP contribution in [0.4, 0.5) is 0 Å². The molecule has 2 aromatic carbocycles. The van der Waals surface area contributed by atoms with Crippen molar-refractivity contribution in [3.63, 3.8) is 0 Å². The van der Waals surface area contributed by atoms with E-state index in [-0.39, 0.29) is 12.5 Å². The van der Waals surface area contributed by atoms with E-state index in [2.05, 4.69) is 15.9 Å². The molecule has 1 unspecified atom stereocenters. The minimum absolute atomic E-state index is 0.134. The summed E-state index contributed by atoms with van der Waals surface area (Å²) in [6.07, 6.45) is 1.56. The minimum Gasteiger partial charge on any atom is -0.396 e. The van der Waals surface area contributed by atoms with Gasteiger partial charge in [0, 0.05) is 21.1 Å². The lowest BCUT2D eigenvalue weighted by atomic mass is 9.93. The van der Waals surface area contributed by atoms with Gasteiger partial charge in [0.25, 0.3) is 0 Å². The molecule has 0 aliphatic rings. The molecule has 2 aromatic rings. The summed E-state index contributed by atoms with van der Waals surface area (Å²) < 4.78 is 0.962. The molecule has 4 heteroatoms. The molecule has 1 N–H and O–H groups in total. The van der Waals surface area contributed by atoms with Crippen LogP contribution < -0.4 is 0 Å². The van der Waals surface area contributed by atoms with Gasteiger partial charge < -0.3 is 5.11 Å². The maximum Gasteiger partial charge on any atom is 0.0465 e. The van der Waals surface area contributed by atoms with Crippen molar-refractivity contribution in [3.05, 3.63) is 68.1 Å². The molecule has 0 heterocycles. The Labute approximate surface area is 137 Å². The van der Waals surface area contributed by atoms with E-state index in [1.165, 1.54) is 5.56 Å². The van der Waals surface area contributed by atoms with Gasteiger partial charge in [-0.05, 0) is 54.2 Å². The van der Waals surface area contributed by atoms with E-state index < -0.39 is 0 Å². The van der Waals surface area contributed by atoms with Gasteiger partial charge in [0.05, 0.1) is 0 Å². The first-order valence-corrected chi connectivity index (χ1v) is 7.92. The van der Waals surface area contributed by atoms with Gasteiger partial charge in [-0.2, -0.15) is 0 Å². The molecule has 1 atom stereocenters. The van der Waals surface area contributed by atoms with E-state index in [4.69, 9.17) is 23.2 Å². The second-order valence-corrected chi connectivity index (χ2v) is 6.58. The van der Waals surface area contributed by atoms with Crippen LogP contribution in [-0.2, 0) is 12.8 Å². The van der Waals surface area contributed by atoms with Crippen LogP contribution in [0.2, 0.25) is 10.0 Å². The average molecular weight is 374 g/mol. The van der Waals surface area contributed by atoms with Crippen molar-refractivity contribution in [2.75, 3.05) is 6.61 Å². The summed E-state index contributed by atoms with van der Waals surface area (Å²) in [5, 5.41) is 11.0. The van der Waals surface area contributed by atoms with E-state index in [1.807, 2.05) is 42.5 Å². The molecule has 106 valence electrons. The molecule has 0 amide bonds. The van der Waals surface area contributed by atoms with E-state index >= 15 is 0 Å². The fourth-order valence-corrected chi connectivity index (χ4v) is 3.03. The van der Waals surface area contributed by atoms with Crippen molar-refractivity contribution < 1.29 is 5.11 Å². The lowest BCUT2D eigenvalue weighted by Crippen LogP contribution is -2.13. The Morgan fingerprint density at radius 3 is 2.30 bits per heavy atom. The summed E-state index contributed by atoms with van der Waals surface area (Å²) in [5.41, 5.74) is 2.23. The second-order valence-electron chi connectivity index (χ2n) is 4.82. The van der Waals surface area contributed by atoms with E-state index in [9.17, 15) is 5.11 Å². The number of halogens is 3. The first-order valence-electron chi connectivity index (χ1n) is 6.37. The fourth-order valence-electron chi connectivity index (χ4n) is 2.15. The molecule has 20 heavy (non-hydrogen) atoms. The van der Waals surface area contributed by atoms with Crippen molar-refractivity contribution in [1.29, 1.82) is 0 Å². The normalized spacial score (nSPS) is 12.4. The highest BCUT2D eigenvalue weighted by Gasteiger charge is 2.12. The smallest absolute Gasteiger partial charge is 0.0465 e. The van der Waals surface area contributed by atoms with Crippen LogP contribution in [0.25, 0.3) is 0 Å². The standard InChI is InChI=1S/C16H15BrCl2O/c17-14-4-3-13(16(19)9-14)8-12(10-20)7-11-1-5-15(18)6-2-11/h1-6,9,12,20H,7-8,10H2. The van der Waals surface area contributed by atoms with Crippen molar-refractivity contribution in [2.45, 2.75) is 12.8 Å². The Morgan fingerprint density at radius 2 is 1.70 bits per heavy atom. The Balaban J connectivity index is 2.07. The molecule has 1 nitrogen and oxygen atoms in total. The van der Waals surface area contributed by atoms with Gasteiger partial charge in [-0.15, -0.1) is 0 Å². The zero-order valence-electron chi connectivity index (χ0n) is 10.8. The van der Waals surface area contributed by atoms with Crippen LogP contribution >= 0.6 is 39.1 Å². The number of hydrogen-bond donors (Lipinski definition) is 1. The maximum absolute atomic E-state index is 9.57. The van der Waals surface area contributed by atoms with E-state index in [1.54, 1.807) is 0 Å². The van der Waals surface area contributed by atoms with Crippen LogP contribution in [0.1, 0.15) is 11.1 Å². The molecule has 0 spiro atoms. The summed E-state index contributed by atoms with van der Waals surface area (Å²) in [7, 11) is 0. The van der Waals surface area contributed by atoms with Crippen LogP contribution in [-0.4, -0.2) is 11.7 Å². The molecule has 0 saturated heterocycles. The maximum atomic E-state index is 9.57. The predicted molar refractivity (Wildman–Crippen MR) is 88.6 cm³/mol. The van der Waals surface area contributed by atoms with E-state index in [0.29, 0.717) is 0 Å². The summed E-state index contributed by atoms with van der Waals surface area (Å²) in [5.74, 6) is 0.148. The van der Waals surface area contributed by atoms with E-state index in [0.717, 1.165) is 32.9 Å². The Kier molecular flexibility index (Phi) is 5.91. The summed E-state index contributed by atoms with van der Waals surface area (Å²) in [4.78, 5) is 0. The van der Waals surface area contributed by atoms with Gasteiger partial charge in [0.2, 0.25) is 0 Å². The zero-order chi connectivity index (χ0) is 14.5. The number of aliphatic hydroxyl groups is 1. The molecule has 0 fully saturated rings. The molecule has 0 aromatic heterocycles. The highest BCUT2D eigenvalue weighted by Crippen LogP contribution is 2.25. The van der Waals surface area contributed by atoms with Crippen molar-refractivity contribution in [2.24, 2.45) is 5.92 Å². The van der Waals surface area contributed by atoms with Gasteiger partial charge in [0.15, 0.2) is 0 Å². The lowest BCUT2D eigenvalue weighted by molar-refractivity contribution is 0.225. The number of aliphatic hydroxyl groups excluding tert-OH is 1. The SMILES string of the molecule is OCC(Cc1ccc(Cl)cc1)Cc1ccc(Br)cc1Cl. The van der Waals surface area contributed by atoms with Crippen molar-refractivity contribution in [1.82, 2.24) is 0 Å². The van der Waals surface area contributed by atoms with Gasteiger partial charge in [0.1, 0.15) is 0 Å². The van der Waals surface area contributed by atoms with Gasteiger partial charge >= 0.3 is 0 Å². The zero-order valence-corrected chi connectivity index (χ0v) is 13.9. The molecule has 2 rings (SSSR count). The molecular formula is C16H15BrCl2O. The third kappa shape index (κ3) is 4.49. The highest BCUT2D eigenvalue weighted by atomic mass is 79.9. The quantitative estimate of drug-likeness (QED) is 0.768. The molecule has 0 bridgehead atoms. The van der Waals surface area contributed by atoms with Crippen molar-refractivity contribution >= 4 is 39.1 Å². The number of benzene rings is 2. The first-order chi connectivity index (χ1) is 9.58. The Morgan fingerprint density at radius 1 is 1.00 bits per heavy atom. The molecule has 0 saturated carbocycles. The van der Waals surface area contributed by atoms with Crippen LogP contribution in [0.5, 0.6) is 0 Å². The van der Waals surface area contributed by atoms with Gasteiger partial charge in [-0.3, -0.25) is 0 Å². The largest absolute Gasteiger partial charge is 0.396 e. The van der Waals surface area contributed by atoms with Crippen LogP contribution in [0.15, 0.2) is 46.9 Å². The van der Waals surface area contributed by atoms with Gasteiger partial charge in [-0.25, -0.2) is 0 Å². The molecule has 0 aliphatic heterocycles. The van der Waals surface area contributed by atoms with Crippen molar-refractivity contribution in [3.8, 4) is 0 Å². The molecule has 0 radical (unpaired) electrons. The monoisotopic (exact) mass is 372 g/mol. The van der Waals surface area contributed by atoms with Crippen LogP contribution in [0, 0.1) is 5.92 Å². The topological polar surface area (TPSA) is 20.2 Å². The third-order valence-electron chi connectivity index (χ3n) is 3.22. The number of hydrogen-bond acceptors (Lipinski definition) is 1. The highest BCUT2D eigenvalue weighted by molar-refractivity contribution is 9.10. The lowest BCUT2D eigenvalue weighted by Gasteiger charge is -2.15. The van der Waals surface area contributed by atoms with Crippen LogP contribution in [0.3, 0.4) is 0 Å². The second kappa shape index (κ2) is 7.46. The van der Waals surface area contributed by atoms with Gasteiger partial charge in [-0.1, -0.05) is 57.3 Å². The minimum atomic E-state index is 0.134. The number of rotatable bonds is 5. The third-order valence-corrected chi connectivity index (χ3v) is 4.32. The predicted octanol–water partition coefficient (Wildman–Crippen LogP) is 5.15. The Bertz CT molecular complexity index is 569. The summed E-state index contributed by atoms with van der Waals surface area (Å²) in [6, 6.07) is 13.6. The first kappa shape index (κ1) is 15.8. The fraction of sp³-hybridized carbons (Fsp3) is 0.250. The Hall–Kier alpha value is -0.540. The average Bonchev–Trinajstić information content (AvgIpc) is 2.43. The molecule has 0 aliphatic carbocycles. The summed E-state index contributed by atoms with van der Waals surface area (Å²) in [6.45, 7) is 0.134. The summed E-state index contributed by atoms with van der Waals surface area (Å²) >= 11 is 15.5. The molecular weight excluding hydrogens is 359 g/mol.